The van der Waals surface area contributed by atoms with E-state index < -0.39 is 17.6 Å². The zero-order valence-electron chi connectivity index (χ0n) is 11.0. The molecule has 0 unspecified atom stereocenters. The van der Waals surface area contributed by atoms with Crippen molar-refractivity contribution in [2.75, 3.05) is 11.1 Å². The lowest BCUT2D eigenvalue weighted by atomic mass is 10.1. The molecule has 110 valence electrons. The molecule has 2 aromatic rings. The van der Waals surface area contributed by atoms with E-state index in [1.807, 2.05) is 0 Å². The number of nitrogens with two attached hydrogens (primary N) is 1. The van der Waals surface area contributed by atoms with Gasteiger partial charge in [-0.15, -0.1) is 0 Å². The van der Waals surface area contributed by atoms with Gasteiger partial charge in [0.05, 0.1) is 11.1 Å². The van der Waals surface area contributed by atoms with Crippen LogP contribution in [0.3, 0.4) is 0 Å². The fourth-order valence-electron chi connectivity index (χ4n) is 1.72. The smallest absolute Gasteiger partial charge is 0.398 e. The van der Waals surface area contributed by atoms with Crippen molar-refractivity contribution in [3.8, 4) is 0 Å². The topological polar surface area (TPSA) is 68.0 Å². The van der Waals surface area contributed by atoms with E-state index in [1.165, 1.54) is 6.20 Å². The van der Waals surface area contributed by atoms with Crippen molar-refractivity contribution in [2.24, 2.45) is 0 Å². The molecule has 0 atom stereocenters. The number of pyridine rings is 1. The van der Waals surface area contributed by atoms with Crippen LogP contribution in [0.1, 0.15) is 21.5 Å². The summed E-state index contributed by atoms with van der Waals surface area (Å²) in [5.74, 6) is -0.459. The number of benzene rings is 1. The molecule has 1 aromatic heterocycles. The van der Waals surface area contributed by atoms with Crippen LogP contribution in [0.4, 0.5) is 24.7 Å². The van der Waals surface area contributed by atoms with Gasteiger partial charge in [0.1, 0.15) is 5.82 Å². The molecule has 1 heterocycles. The monoisotopic (exact) mass is 295 g/mol. The summed E-state index contributed by atoms with van der Waals surface area (Å²) in [5.41, 5.74) is 5.06. The van der Waals surface area contributed by atoms with Crippen LogP contribution in [0.2, 0.25) is 0 Å². The van der Waals surface area contributed by atoms with Gasteiger partial charge in [0.2, 0.25) is 0 Å². The van der Waals surface area contributed by atoms with Gasteiger partial charge in [-0.3, -0.25) is 4.79 Å². The Bertz CT molecular complexity index is 683. The van der Waals surface area contributed by atoms with E-state index in [-0.39, 0.29) is 17.1 Å². The number of hydrogen-bond donors (Lipinski definition) is 2. The zero-order valence-corrected chi connectivity index (χ0v) is 11.0. The highest BCUT2D eigenvalue weighted by atomic mass is 19.4. The molecule has 7 heteroatoms. The Hall–Kier alpha value is -2.57. The second-order valence-electron chi connectivity index (χ2n) is 4.42. The molecule has 1 amide bonds. The Kier molecular flexibility index (Phi) is 3.84. The minimum atomic E-state index is -4.54. The second kappa shape index (κ2) is 5.43. The summed E-state index contributed by atoms with van der Waals surface area (Å²) in [6.07, 6.45) is -3.07. The number of halogens is 3. The van der Waals surface area contributed by atoms with Crippen molar-refractivity contribution in [1.29, 1.82) is 0 Å². The first kappa shape index (κ1) is 14.8. The summed E-state index contributed by atoms with van der Waals surface area (Å²) in [4.78, 5) is 16.0. The average Bonchev–Trinajstić information content (AvgIpc) is 2.40. The van der Waals surface area contributed by atoms with E-state index in [4.69, 9.17) is 5.73 Å². The maximum Gasteiger partial charge on any atom is 0.416 e. The fraction of sp³-hybridized carbons (Fsp3) is 0.143. The molecule has 3 N–H and O–H groups in total. The molecule has 0 aliphatic carbocycles. The number of carbonyl (C=O) groups is 1. The van der Waals surface area contributed by atoms with Crippen LogP contribution in [0.5, 0.6) is 0 Å². The quantitative estimate of drug-likeness (QED) is 0.836. The number of amides is 1. The number of nitrogens with one attached hydrogen (secondary N) is 1. The summed E-state index contributed by atoms with van der Waals surface area (Å²) >= 11 is 0. The summed E-state index contributed by atoms with van der Waals surface area (Å²) in [7, 11) is 0. The number of aryl methyl sites for hydroxylation is 1. The Labute approximate surface area is 118 Å². The predicted octanol–water partition coefficient (Wildman–Crippen LogP) is 3.24. The highest BCUT2D eigenvalue weighted by Crippen LogP contribution is 2.31. The molecule has 2 rings (SSSR count). The van der Waals surface area contributed by atoms with Gasteiger partial charge in [-0.25, -0.2) is 4.98 Å². The summed E-state index contributed by atoms with van der Waals surface area (Å²) in [5, 5.41) is 2.45. The molecule has 0 fully saturated rings. The zero-order chi connectivity index (χ0) is 15.6. The summed E-state index contributed by atoms with van der Waals surface area (Å²) < 4.78 is 38.0. The predicted molar refractivity (Wildman–Crippen MR) is 72.8 cm³/mol. The van der Waals surface area contributed by atoms with E-state index in [0.29, 0.717) is 5.56 Å². The maximum absolute atomic E-state index is 12.7. The fourth-order valence-corrected chi connectivity index (χ4v) is 1.72. The highest BCUT2D eigenvalue weighted by Gasteiger charge is 2.31. The number of hydrogen-bond acceptors (Lipinski definition) is 3. The first-order chi connectivity index (χ1) is 9.79. The van der Waals surface area contributed by atoms with Crippen molar-refractivity contribution >= 4 is 17.4 Å². The van der Waals surface area contributed by atoms with E-state index in [9.17, 15) is 18.0 Å². The molecule has 1 aromatic carbocycles. The van der Waals surface area contributed by atoms with E-state index >= 15 is 0 Å². The van der Waals surface area contributed by atoms with Gasteiger partial charge in [-0.05, 0) is 36.8 Å². The number of nitrogen functional groups attached to an aromatic ring is 1. The number of aromatic nitrogens is 1. The van der Waals surface area contributed by atoms with Gasteiger partial charge < -0.3 is 11.1 Å². The third-order valence-electron chi connectivity index (χ3n) is 2.87. The lowest BCUT2D eigenvalue weighted by Crippen LogP contribution is -2.17. The Morgan fingerprint density at radius 3 is 2.62 bits per heavy atom. The molecule has 0 aliphatic rings. The molecule has 0 aliphatic heterocycles. The maximum atomic E-state index is 12.7. The van der Waals surface area contributed by atoms with E-state index in [2.05, 4.69) is 10.3 Å². The van der Waals surface area contributed by atoms with Gasteiger partial charge in [0.15, 0.2) is 0 Å². The van der Waals surface area contributed by atoms with Gasteiger partial charge in [0.25, 0.3) is 5.91 Å². The van der Waals surface area contributed by atoms with E-state index in [1.54, 1.807) is 19.1 Å². The van der Waals surface area contributed by atoms with Crippen molar-refractivity contribution in [3.05, 3.63) is 53.2 Å². The standard InChI is InChI=1S/C14H12F3N3O/c1-8-3-2-6-19-12(8)20-13(21)10-7-9(14(15,16)17)4-5-11(10)18/h2-7H,18H2,1H3,(H,19,20,21). The number of rotatable bonds is 2. The average molecular weight is 295 g/mol. The van der Waals surface area contributed by atoms with Gasteiger partial charge in [-0.2, -0.15) is 13.2 Å². The molecular formula is C14H12F3N3O. The molecule has 0 bridgehead atoms. The van der Waals surface area contributed by atoms with Crippen LogP contribution in [0.25, 0.3) is 0 Å². The van der Waals surface area contributed by atoms with Gasteiger partial charge in [-0.1, -0.05) is 6.07 Å². The molecule has 0 saturated heterocycles. The van der Waals surface area contributed by atoms with Crippen LogP contribution in [0.15, 0.2) is 36.5 Å². The Morgan fingerprint density at radius 1 is 1.29 bits per heavy atom. The molecule has 21 heavy (non-hydrogen) atoms. The minimum absolute atomic E-state index is 0.0333. The molecule has 4 nitrogen and oxygen atoms in total. The minimum Gasteiger partial charge on any atom is -0.398 e. The van der Waals surface area contributed by atoms with Crippen molar-refractivity contribution in [2.45, 2.75) is 13.1 Å². The van der Waals surface area contributed by atoms with Crippen LogP contribution >= 0.6 is 0 Å². The van der Waals surface area contributed by atoms with Crippen molar-refractivity contribution in [3.63, 3.8) is 0 Å². The van der Waals surface area contributed by atoms with Crippen LogP contribution in [-0.2, 0) is 6.18 Å². The SMILES string of the molecule is Cc1cccnc1NC(=O)c1cc(C(F)(F)F)ccc1N. The number of carbonyl (C=O) groups excluding carboxylic acids is 1. The normalized spacial score (nSPS) is 11.2. The highest BCUT2D eigenvalue weighted by molar-refractivity contribution is 6.07. The van der Waals surface area contributed by atoms with E-state index in [0.717, 1.165) is 18.2 Å². The Balaban J connectivity index is 2.33. The van der Waals surface area contributed by atoms with Crippen LogP contribution < -0.4 is 11.1 Å². The summed E-state index contributed by atoms with van der Waals surface area (Å²) in [6, 6.07) is 6.02. The first-order valence-electron chi connectivity index (χ1n) is 5.98. The Morgan fingerprint density at radius 2 is 2.00 bits per heavy atom. The second-order valence-corrected chi connectivity index (χ2v) is 4.42. The summed E-state index contributed by atoms with van der Waals surface area (Å²) in [6.45, 7) is 1.72. The molecule has 0 spiro atoms. The third-order valence-corrected chi connectivity index (χ3v) is 2.87. The number of alkyl halides is 3. The van der Waals surface area contributed by atoms with Crippen molar-refractivity contribution < 1.29 is 18.0 Å². The largest absolute Gasteiger partial charge is 0.416 e. The van der Waals surface area contributed by atoms with Crippen molar-refractivity contribution in [1.82, 2.24) is 4.98 Å². The van der Waals surface area contributed by atoms with Gasteiger partial charge >= 0.3 is 6.18 Å². The first-order valence-corrected chi connectivity index (χ1v) is 5.98. The molecule has 0 saturated carbocycles. The lowest BCUT2D eigenvalue weighted by Gasteiger charge is -2.12. The number of nitrogens with zero attached hydrogens (tertiary/aromatic N) is 1. The van der Waals surface area contributed by atoms with Crippen LogP contribution in [-0.4, -0.2) is 10.9 Å². The molecular weight excluding hydrogens is 283 g/mol. The van der Waals surface area contributed by atoms with Gasteiger partial charge in [0, 0.05) is 11.9 Å². The third kappa shape index (κ3) is 3.31. The molecule has 0 radical (unpaired) electrons. The lowest BCUT2D eigenvalue weighted by molar-refractivity contribution is -0.137. The number of anilines is 2. The van der Waals surface area contributed by atoms with Crippen LogP contribution in [0, 0.1) is 6.92 Å².